The number of nitrogens with one attached hydrogen (secondary N) is 1. The molecule has 2 rings (SSSR count). The minimum atomic E-state index is 0.0506. The molecular formula is C17H26ClNO. The highest BCUT2D eigenvalue weighted by Crippen LogP contribution is 2.43. The lowest BCUT2D eigenvalue weighted by Gasteiger charge is -2.43. The first kappa shape index (κ1) is 15.8. The zero-order valence-electron chi connectivity index (χ0n) is 13.1. The molecule has 1 aromatic rings. The summed E-state index contributed by atoms with van der Waals surface area (Å²) in [5.74, 6) is 0. The normalized spacial score (nSPS) is 18.6. The van der Waals surface area contributed by atoms with E-state index in [-0.39, 0.29) is 11.6 Å². The molecule has 1 N–H and O–H groups in total. The van der Waals surface area contributed by atoms with Crippen molar-refractivity contribution in [2.45, 2.75) is 58.1 Å². The molecule has 1 aliphatic rings. The molecule has 1 atom stereocenters. The summed E-state index contributed by atoms with van der Waals surface area (Å²) < 4.78 is 5.78. The summed E-state index contributed by atoms with van der Waals surface area (Å²) in [5, 5.41) is 4.45. The largest absolute Gasteiger partial charge is 0.378 e. The van der Waals surface area contributed by atoms with E-state index in [1.54, 1.807) is 0 Å². The smallest absolute Gasteiger partial charge is 0.0697 e. The highest BCUT2D eigenvalue weighted by Gasteiger charge is 2.39. The van der Waals surface area contributed by atoms with E-state index in [1.165, 1.54) is 23.1 Å². The van der Waals surface area contributed by atoms with Gasteiger partial charge in [-0.15, -0.1) is 0 Å². The first-order chi connectivity index (χ1) is 9.51. The lowest BCUT2D eigenvalue weighted by molar-refractivity contribution is -0.0837. The van der Waals surface area contributed by atoms with Gasteiger partial charge >= 0.3 is 0 Å². The van der Waals surface area contributed by atoms with Crippen LogP contribution in [0.25, 0.3) is 0 Å². The molecule has 2 nitrogen and oxygen atoms in total. The maximum Gasteiger partial charge on any atom is 0.0697 e. The molecule has 1 unspecified atom stereocenters. The molecule has 20 heavy (non-hydrogen) atoms. The van der Waals surface area contributed by atoms with Crippen LogP contribution in [0.15, 0.2) is 12.1 Å². The second kappa shape index (κ2) is 6.46. The van der Waals surface area contributed by atoms with Crippen molar-refractivity contribution in [3.05, 3.63) is 33.8 Å². The number of aryl methyl sites for hydroxylation is 2. The fourth-order valence-corrected chi connectivity index (χ4v) is 3.39. The van der Waals surface area contributed by atoms with E-state index in [1.807, 2.05) is 7.11 Å². The Kier molecular flexibility index (Phi) is 5.11. The van der Waals surface area contributed by atoms with Gasteiger partial charge in [0.05, 0.1) is 5.60 Å². The third-order valence-electron chi connectivity index (χ3n) is 4.71. The van der Waals surface area contributed by atoms with Crippen LogP contribution in [0.1, 0.15) is 55.3 Å². The molecule has 0 heterocycles. The molecule has 3 heteroatoms. The summed E-state index contributed by atoms with van der Waals surface area (Å²) in [4.78, 5) is 0. The predicted molar refractivity (Wildman–Crippen MR) is 85.6 cm³/mol. The third-order valence-corrected chi connectivity index (χ3v) is 5.04. The summed E-state index contributed by atoms with van der Waals surface area (Å²) >= 11 is 6.48. The number of benzene rings is 1. The summed E-state index contributed by atoms with van der Waals surface area (Å²) in [6.45, 7) is 7.33. The van der Waals surface area contributed by atoms with Crippen LogP contribution >= 0.6 is 11.6 Å². The lowest BCUT2D eigenvalue weighted by Crippen LogP contribution is -2.43. The van der Waals surface area contributed by atoms with Crippen LogP contribution in [0.3, 0.4) is 0 Å². The summed E-state index contributed by atoms with van der Waals surface area (Å²) in [6.07, 6.45) is 4.59. The molecule has 1 saturated carbocycles. The van der Waals surface area contributed by atoms with Crippen molar-refractivity contribution in [3.8, 4) is 0 Å². The van der Waals surface area contributed by atoms with Crippen LogP contribution in [0.4, 0.5) is 0 Å². The maximum absolute atomic E-state index is 6.48. The van der Waals surface area contributed by atoms with Crippen molar-refractivity contribution >= 4 is 11.6 Å². The van der Waals surface area contributed by atoms with Crippen molar-refractivity contribution in [1.29, 1.82) is 0 Å². The summed E-state index contributed by atoms with van der Waals surface area (Å²) in [5.41, 5.74) is 3.81. The van der Waals surface area contributed by atoms with E-state index >= 15 is 0 Å². The van der Waals surface area contributed by atoms with E-state index in [9.17, 15) is 0 Å². The van der Waals surface area contributed by atoms with Gasteiger partial charge in [0.2, 0.25) is 0 Å². The van der Waals surface area contributed by atoms with Crippen LogP contribution < -0.4 is 5.32 Å². The van der Waals surface area contributed by atoms with Gasteiger partial charge in [0.1, 0.15) is 0 Å². The predicted octanol–water partition coefficient (Wildman–Crippen LogP) is 4.57. The van der Waals surface area contributed by atoms with Gasteiger partial charge in [-0.2, -0.15) is 0 Å². The van der Waals surface area contributed by atoms with Crippen molar-refractivity contribution in [1.82, 2.24) is 5.32 Å². The summed E-state index contributed by atoms with van der Waals surface area (Å²) in [6, 6.07) is 4.58. The van der Waals surface area contributed by atoms with Crippen LogP contribution in [-0.4, -0.2) is 19.3 Å². The monoisotopic (exact) mass is 295 g/mol. The molecule has 112 valence electrons. The Morgan fingerprint density at radius 3 is 2.45 bits per heavy atom. The van der Waals surface area contributed by atoms with Crippen LogP contribution in [-0.2, 0) is 4.74 Å². The number of rotatable bonds is 6. The molecule has 0 saturated heterocycles. The quantitative estimate of drug-likeness (QED) is 0.830. The Labute approximate surface area is 127 Å². The second-order valence-corrected chi connectivity index (χ2v) is 6.42. The molecule has 0 amide bonds. The van der Waals surface area contributed by atoms with E-state index < -0.39 is 0 Å². The first-order valence-electron chi connectivity index (χ1n) is 7.56. The molecule has 0 bridgehead atoms. The lowest BCUT2D eigenvalue weighted by atomic mass is 9.74. The van der Waals surface area contributed by atoms with Gasteiger partial charge < -0.3 is 10.1 Å². The van der Waals surface area contributed by atoms with Gasteiger partial charge in [-0.25, -0.2) is 0 Å². The Hall–Kier alpha value is -0.570. The number of hydrogen-bond acceptors (Lipinski definition) is 2. The minimum Gasteiger partial charge on any atom is -0.378 e. The number of halogens is 1. The van der Waals surface area contributed by atoms with Gasteiger partial charge in [0, 0.05) is 18.2 Å². The van der Waals surface area contributed by atoms with Crippen LogP contribution in [0, 0.1) is 13.8 Å². The van der Waals surface area contributed by atoms with Crippen molar-refractivity contribution in [3.63, 3.8) is 0 Å². The number of methoxy groups -OCH3 is 1. The molecule has 0 radical (unpaired) electrons. The third kappa shape index (κ3) is 3.19. The zero-order chi connectivity index (χ0) is 14.8. The topological polar surface area (TPSA) is 21.3 Å². The number of ether oxygens (including phenoxy) is 1. The Bertz CT molecular complexity index is 463. The van der Waals surface area contributed by atoms with Crippen LogP contribution in [0.2, 0.25) is 5.02 Å². The first-order valence-corrected chi connectivity index (χ1v) is 7.94. The van der Waals surface area contributed by atoms with Gasteiger partial charge in [-0.05, 0) is 68.8 Å². The van der Waals surface area contributed by atoms with E-state index in [2.05, 4.69) is 38.2 Å². The van der Waals surface area contributed by atoms with Gasteiger partial charge in [0.25, 0.3) is 0 Å². The molecule has 0 spiro atoms. The van der Waals surface area contributed by atoms with Crippen molar-refractivity contribution < 1.29 is 4.74 Å². The van der Waals surface area contributed by atoms with Gasteiger partial charge in [-0.3, -0.25) is 0 Å². The van der Waals surface area contributed by atoms with Crippen molar-refractivity contribution in [2.75, 3.05) is 13.7 Å². The van der Waals surface area contributed by atoms with Crippen molar-refractivity contribution in [2.24, 2.45) is 0 Å². The second-order valence-electron chi connectivity index (χ2n) is 6.01. The summed E-state index contributed by atoms with van der Waals surface area (Å²) in [7, 11) is 1.84. The molecule has 1 fully saturated rings. The molecule has 1 aromatic carbocycles. The Morgan fingerprint density at radius 1 is 1.30 bits per heavy atom. The van der Waals surface area contributed by atoms with E-state index in [4.69, 9.17) is 16.3 Å². The maximum atomic E-state index is 6.48. The van der Waals surface area contributed by atoms with Gasteiger partial charge in [-0.1, -0.05) is 24.6 Å². The zero-order valence-corrected chi connectivity index (χ0v) is 13.8. The highest BCUT2D eigenvalue weighted by atomic mass is 35.5. The van der Waals surface area contributed by atoms with Crippen LogP contribution in [0.5, 0.6) is 0 Å². The Balaban J connectivity index is 2.26. The fourth-order valence-electron chi connectivity index (χ4n) is 3.04. The molecule has 1 aliphatic carbocycles. The molecule has 0 aromatic heterocycles. The minimum absolute atomic E-state index is 0.0506. The highest BCUT2D eigenvalue weighted by molar-refractivity contribution is 6.31. The van der Waals surface area contributed by atoms with Gasteiger partial charge in [0.15, 0.2) is 0 Å². The average molecular weight is 296 g/mol. The van der Waals surface area contributed by atoms with E-state index in [0.29, 0.717) is 0 Å². The SMILES string of the molecule is CCNC(CC1(OC)CCC1)c1cc(C)c(C)cc1Cl. The fraction of sp³-hybridized carbons (Fsp3) is 0.647. The Morgan fingerprint density at radius 2 is 1.95 bits per heavy atom. The molecular weight excluding hydrogens is 270 g/mol. The number of hydrogen-bond donors (Lipinski definition) is 1. The average Bonchev–Trinajstić information content (AvgIpc) is 2.37. The standard InChI is InChI=1S/C17H26ClNO/c1-5-19-16(11-17(20-4)7-6-8-17)14-9-12(2)13(3)10-15(14)18/h9-10,16,19H,5-8,11H2,1-4H3. The van der Waals surface area contributed by atoms with E-state index in [0.717, 1.165) is 30.8 Å². The molecule has 0 aliphatic heterocycles.